The van der Waals surface area contributed by atoms with Crippen LogP contribution in [-0.4, -0.2) is 19.6 Å². The molecule has 0 amide bonds. The smallest absolute Gasteiger partial charge is 0.0923 e. The Bertz CT molecular complexity index is 761. The summed E-state index contributed by atoms with van der Waals surface area (Å²) in [5, 5.41) is 11.6. The molecule has 0 N–H and O–H groups in total. The van der Waals surface area contributed by atoms with Gasteiger partial charge in [-0.1, -0.05) is 36.4 Å². The molecule has 0 fully saturated rings. The topological polar surface area (TPSA) is 35.6 Å². The summed E-state index contributed by atoms with van der Waals surface area (Å²) in [6, 6.07) is 16.5. The first-order valence-corrected chi connectivity index (χ1v) is 7.73. The highest BCUT2D eigenvalue weighted by atomic mass is 15.3. The zero-order valence-corrected chi connectivity index (χ0v) is 12.4. The van der Waals surface area contributed by atoms with Crippen LogP contribution in [0.1, 0.15) is 12.8 Å². The molecule has 0 unspecified atom stereocenters. The van der Waals surface area contributed by atoms with Gasteiger partial charge in [-0.2, -0.15) is 10.2 Å². The number of hydrogen-bond acceptors (Lipinski definition) is 2. The van der Waals surface area contributed by atoms with E-state index < -0.39 is 0 Å². The molecule has 0 saturated heterocycles. The lowest BCUT2D eigenvalue weighted by Crippen LogP contribution is -2.02. The molecule has 0 bridgehead atoms. The lowest BCUT2D eigenvalue weighted by atomic mass is 10.3. The lowest BCUT2D eigenvalue weighted by Gasteiger charge is -2.02. The van der Waals surface area contributed by atoms with Crippen LogP contribution in [0.3, 0.4) is 0 Å². The van der Waals surface area contributed by atoms with Crippen LogP contribution < -0.4 is 0 Å². The van der Waals surface area contributed by atoms with Gasteiger partial charge < -0.3 is 0 Å². The van der Waals surface area contributed by atoms with Crippen LogP contribution in [0.25, 0.3) is 21.8 Å². The molecule has 4 heteroatoms. The van der Waals surface area contributed by atoms with Gasteiger partial charge in [-0.05, 0) is 25.0 Å². The number of aryl methyl sites for hydroxylation is 2. The quantitative estimate of drug-likeness (QED) is 0.523. The fourth-order valence-corrected chi connectivity index (χ4v) is 2.81. The third kappa shape index (κ3) is 2.60. The molecule has 0 aliphatic carbocycles. The van der Waals surface area contributed by atoms with E-state index in [2.05, 4.69) is 59.0 Å². The molecule has 4 nitrogen and oxygen atoms in total. The second kappa shape index (κ2) is 5.64. The summed E-state index contributed by atoms with van der Waals surface area (Å²) in [7, 11) is 0. The van der Waals surface area contributed by atoms with Crippen LogP contribution in [0.5, 0.6) is 0 Å². The van der Waals surface area contributed by atoms with Crippen molar-refractivity contribution in [3.63, 3.8) is 0 Å². The number of benzene rings is 2. The predicted octanol–water partition coefficient (Wildman–Crippen LogP) is 3.87. The van der Waals surface area contributed by atoms with Crippen molar-refractivity contribution in [1.29, 1.82) is 0 Å². The summed E-state index contributed by atoms with van der Waals surface area (Å²) < 4.78 is 4.09. The minimum Gasteiger partial charge on any atom is -0.272 e. The largest absolute Gasteiger partial charge is 0.272 e. The van der Waals surface area contributed by atoms with Crippen LogP contribution in [-0.2, 0) is 13.1 Å². The zero-order valence-electron chi connectivity index (χ0n) is 12.4. The number of fused-ring (bicyclic) bond motifs is 2. The molecule has 4 aromatic rings. The lowest BCUT2D eigenvalue weighted by molar-refractivity contribution is 0.505. The number of rotatable bonds is 5. The van der Waals surface area contributed by atoms with E-state index in [9.17, 15) is 0 Å². The summed E-state index contributed by atoms with van der Waals surface area (Å²) in [5.74, 6) is 0. The van der Waals surface area contributed by atoms with Crippen LogP contribution >= 0.6 is 0 Å². The molecule has 0 saturated carbocycles. The van der Waals surface area contributed by atoms with Crippen molar-refractivity contribution < 1.29 is 0 Å². The van der Waals surface area contributed by atoms with Gasteiger partial charge in [0.15, 0.2) is 0 Å². The summed E-state index contributed by atoms with van der Waals surface area (Å²) in [5.41, 5.74) is 2.14. The Kier molecular flexibility index (Phi) is 3.35. The first-order chi connectivity index (χ1) is 10.9. The van der Waals surface area contributed by atoms with Gasteiger partial charge >= 0.3 is 0 Å². The molecule has 4 rings (SSSR count). The molecule has 2 heterocycles. The molecule has 2 aromatic heterocycles. The van der Waals surface area contributed by atoms with Crippen molar-refractivity contribution in [2.75, 3.05) is 0 Å². The Morgan fingerprint density at radius 3 is 1.55 bits per heavy atom. The SMILES string of the molecule is c1ccc2nn(CCCCn3cc4ccccc4n3)cc2c1. The van der Waals surface area contributed by atoms with Gasteiger partial charge in [0.05, 0.1) is 11.0 Å². The molecule has 110 valence electrons. The maximum absolute atomic E-state index is 4.59. The Morgan fingerprint density at radius 1 is 0.636 bits per heavy atom. The fourth-order valence-electron chi connectivity index (χ4n) is 2.81. The molecule has 0 spiro atoms. The Labute approximate surface area is 129 Å². The maximum atomic E-state index is 4.59. The predicted molar refractivity (Wildman–Crippen MR) is 88.7 cm³/mol. The van der Waals surface area contributed by atoms with Crippen LogP contribution in [0.2, 0.25) is 0 Å². The monoisotopic (exact) mass is 290 g/mol. The summed E-state index contributed by atoms with van der Waals surface area (Å²) in [4.78, 5) is 0. The van der Waals surface area contributed by atoms with Crippen molar-refractivity contribution in [1.82, 2.24) is 19.6 Å². The van der Waals surface area contributed by atoms with Crippen molar-refractivity contribution in [2.45, 2.75) is 25.9 Å². The van der Waals surface area contributed by atoms with Gasteiger partial charge in [-0.3, -0.25) is 9.36 Å². The van der Waals surface area contributed by atoms with E-state index in [1.54, 1.807) is 0 Å². The fraction of sp³-hybridized carbons (Fsp3) is 0.222. The molecule has 0 radical (unpaired) electrons. The van der Waals surface area contributed by atoms with E-state index in [4.69, 9.17) is 0 Å². The number of nitrogens with zero attached hydrogens (tertiary/aromatic N) is 4. The van der Waals surface area contributed by atoms with Gasteiger partial charge in [0.25, 0.3) is 0 Å². The molecule has 0 aliphatic rings. The van der Waals surface area contributed by atoms with Crippen molar-refractivity contribution in [3.8, 4) is 0 Å². The molecule has 0 atom stereocenters. The van der Waals surface area contributed by atoms with E-state index in [0.717, 1.165) is 37.0 Å². The maximum Gasteiger partial charge on any atom is 0.0923 e. The summed E-state index contributed by atoms with van der Waals surface area (Å²) >= 11 is 0. The van der Waals surface area contributed by atoms with Crippen molar-refractivity contribution in [3.05, 3.63) is 60.9 Å². The van der Waals surface area contributed by atoms with Crippen molar-refractivity contribution in [2.24, 2.45) is 0 Å². The average Bonchev–Trinajstić information content (AvgIpc) is 3.14. The molecular formula is C18H18N4. The van der Waals surface area contributed by atoms with E-state index in [0.29, 0.717) is 0 Å². The summed E-state index contributed by atoms with van der Waals surface area (Å²) in [6.45, 7) is 1.91. The molecular weight excluding hydrogens is 272 g/mol. The van der Waals surface area contributed by atoms with Crippen LogP contribution in [0.4, 0.5) is 0 Å². The first kappa shape index (κ1) is 13.1. The second-order valence-corrected chi connectivity index (χ2v) is 5.61. The Hall–Kier alpha value is -2.62. The first-order valence-electron chi connectivity index (χ1n) is 7.73. The third-order valence-electron chi connectivity index (χ3n) is 3.95. The third-order valence-corrected chi connectivity index (χ3v) is 3.95. The average molecular weight is 290 g/mol. The Morgan fingerprint density at radius 2 is 1.09 bits per heavy atom. The van der Waals surface area contributed by atoms with Crippen molar-refractivity contribution >= 4 is 21.8 Å². The molecule has 0 aliphatic heterocycles. The highest BCUT2D eigenvalue weighted by Crippen LogP contribution is 2.13. The van der Waals surface area contributed by atoms with Gasteiger partial charge in [0.2, 0.25) is 0 Å². The number of aromatic nitrogens is 4. The van der Waals surface area contributed by atoms with E-state index >= 15 is 0 Å². The minimum absolute atomic E-state index is 0.954. The highest BCUT2D eigenvalue weighted by molar-refractivity contribution is 5.78. The van der Waals surface area contributed by atoms with Gasteiger partial charge in [-0.25, -0.2) is 0 Å². The Balaban J connectivity index is 1.35. The van der Waals surface area contributed by atoms with E-state index in [1.165, 1.54) is 10.8 Å². The van der Waals surface area contributed by atoms with E-state index in [1.807, 2.05) is 21.5 Å². The highest BCUT2D eigenvalue weighted by Gasteiger charge is 2.01. The molecule has 22 heavy (non-hydrogen) atoms. The minimum atomic E-state index is 0.954. The van der Waals surface area contributed by atoms with Gasteiger partial charge in [0, 0.05) is 36.3 Å². The number of hydrogen-bond donors (Lipinski definition) is 0. The molecule has 2 aromatic carbocycles. The van der Waals surface area contributed by atoms with Crippen LogP contribution in [0.15, 0.2) is 60.9 Å². The second-order valence-electron chi connectivity index (χ2n) is 5.61. The van der Waals surface area contributed by atoms with E-state index in [-0.39, 0.29) is 0 Å². The number of unbranched alkanes of at least 4 members (excludes halogenated alkanes) is 1. The standard InChI is InChI=1S/C18H18N4/c1-3-9-17-15(7-1)13-21(19-17)11-5-6-12-22-14-16-8-2-4-10-18(16)20-22/h1-4,7-10,13-14H,5-6,11-12H2. The van der Waals surface area contributed by atoms with Gasteiger partial charge in [-0.15, -0.1) is 0 Å². The normalized spacial score (nSPS) is 11.5. The zero-order chi connectivity index (χ0) is 14.8. The van der Waals surface area contributed by atoms with Gasteiger partial charge in [0.1, 0.15) is 0 Å². The van der Waals surface area contributed by atoms with Crippen LogP contribution in [0, 0.1) is 0 Å². The summed E-state index contributed by atoms with van der Waals surface area (Å²) in [6.07, 6.45) is 6.45.